The largest absolute Gasteiger partial charge is 0.366 e. The normalized spacial score (nSPS) is 13.7. The Labute approximate surface area is 199 Å². The second kappa shape index (κ2) is 10.00. The number of nitrogens with zero attached hydrogens (tertiary/aromatic N) is 3. The Kier molecular flexibility index (Phi) is 6.87. The van der Waals surface area contributed by atoms with Gasteiger partial charge in [0, 0.05) is 25.5 Å². The van der Waals surface area contributed by atoms with Crippen molar-refractivity contribution in [1.82, 2.24) is 14.8 Å². The van der Waals surface area contributed by atoms with Gasteiger partial charge in [-0.15, -0.1) is 0 Å². The Morgan fingerprint density at radius 1 is 0.912 bits per heavy atom. The van der Waals surface area contributed by atoms with Crippen LogP contribution in [0.3, 0.4) is 0 Å². The van der Waals surface area contributed by atoms with Crippen molar-refractivity contribution in [2.75, 3.05) is 13.1 Å². The van der Waals surface area contributed by atoms with Gasteiger partial charge < -0.3 is 4.90 Å². The number of rotatable bonds is 8. The van der Waals surface area contributed by atoms with Crippen LogP contribution in [0.15, 0.2) is 72.7 Å². The number of pyridine rings is 1. The number of carbonyl (C=O) groups excluding carboxylic acids is 2. The van der Waals surface area contributed by atoms with E-state index in [0.29, 0.717) is 29.9 Å². The minimum absolute atomic E-state index is 0.0950. The lowest BCUT2D eigenvalue weighted by Crippen LogP contribution is -2.35. The topological polar surface area (TPSA) is 53.5 Å². The van der Waals surface area contributed by atoms with Gasteiger partial charge in [-0.05, 0) is 73.7 Å². The van der Waals surface area contributed by atoms with Crippen LogP contribution in [0.2, 0.25) is 0 Å². The summed E-state index contributed by atoms with van der Waals surface area (Å²) in [7, 11) is 0. The highest BCUT2D eigenvalue weighted by Gasteiger charge is 2.41. The number of likely N-dealkylation sites (N-methyl/N-ethyl adjacent to an activating group) is 1. The average molecular weight is 458 g/mol. The van der Waals surface area contributed by atoms with Gasteiger partial charge in [-0.2, -0.15) is 0 Å². The van der Waals surface area contributed by atoms with Crippen molar-refractivity contribution in [3.8, 4) is 0 Å². The molecule has 1 aliphatic heterocycles. The molecule has 0 spiro atoms. The van der Waals surface area contributed by atoms with Crippen LogP contribution in [0.1, 0.15) is 34.7 Å². The predicted molar refractivity (Wildman–Crippen MR) is 130 cm³/mol. The molecule has 0 bridgehead atoms. The quantitative estimate of drug-likeness (QED) is 0.461. The third-order valence-electron chi connectivity index (χ3n) is 6.17. The first kappa shape index (κ1) is 23.4. The molecule has 0 atom stereocenters. The first-order valence-corrected chi connectivity index (χ1v) is 11.5. The summed E-state index contributed by atoms with van der Waals surface area (Å²) in [5.74, 6) is -0.995. The van der Waals surface area contributed by atoms with Crippen molar-refractivity contribution in [2.24, 2.45) is 0 Å². The molecular weight excluding hydrogens is 429 g/mol. The molecule has 5 nitrogen and oxygen atoms in total. The van der Waals surface area contributed by atoms with E-state index in [2.05, 4.69) is 4.98 Å². The van der Waals surface area contributed by atoms with E-state index in [1.54, 1.807) is 24.5 Å². The van der Waals surface area contributed by atoms with Crippen molar-refractivity contribution in [3.05, 3.63) is 106 Å². The summed E-state index contributed by atoms with van der Waals surface area (Å²) >= 11 is 0. The van der Waals surface area contributed by atoms with Gasteiger partial charge >= 0.3 is 0 Å². The van der Waals surface area contributed by atoms with Crippen molar-refractivity contribution < 1.29 is 14.0 Å². The summed E-state index contributed by atoms with van der Waals surface area (Å²) in [6.07, 6.45) is 4.22. The maximum atomic E-state index is 13.7. The number of aryl methyl sites for hydroxylation is 2. The highest BCUT2D eigenvalue weighted by molar-refractivity contribution is 6.35. The number of hydrogen-bond acceptors (Lipinski definition) is 4. The van der Waals surface area contributed by atoms with Crippen molar-refractivity contribution >= 4 is 17.4 Å². The third-order valence-corrected chi connectivity index (χ3v) is 6.17. The number of carbonyl (C=O) groups is 2. The lowest BCUT2D eigenvalue weighted by atomic mass is 9.97. The fourth-order valence-electron chi connectivity index (χ4n) is 4.35. The van der Waals surface area contributed by atoms with Gasteiger partial charge in [-0.1, -0.05) is 35.9 Å². The summed E-state index contributed by atoms with van der Waals surface area (Å²) in [5, 5.41) is 0. The van der Waals surface area contributed by atoms with Crippen LogP contribution in [-0.2, 0) is 22.6 Å². The molecular formula is C28H28FN3O2. The molecule has 2 aromatic carbocycles. The summed E-state index contributed by atoms with van der Waals surface area (Å²) < 4.78 is 13.4. The highest BCUT2D eigenvalue weighted by Crippen LogP contribution is 2.34. The number of aromatic nitrogens is 1. The van der Waals surface area contributed by atoms with Gasteiger partial charge in [0.05, 0.1) is 12.1 Å². The predicted octanol–water partition coefficient (Wildman–Crippen LogP) is 4.68. The first-order chi connectivity index (χ1) is 16.4. The molecule has 0 N–H and O–H groups in total. The van der Waals surface area contributed by atoms with E-state index >= 15 is 0 Å². The fraction of sp³-hybridized carbons (Fsp3) is 0.250. The van der Waals surface area contributed by atoms with E-state index in [0.717, 1.165) is 28.7 Å². The molecule has 0 radical (unpaired) electrons. The zero-order valence-electron chi connectivity index (χ0n) is 19.7. The molecule has 0 saturated carbocycles. The van der Waals surface area contributed by atoms with Crippen molar-refractivity contribution in [2.45, 2.75) is 33.7 Å². The lowest BCUT2D eigenvalue weighted by molar-refractivity contribution is -0.138. The van der Waals surface area contributed by atoms with Crippen LogP contribution in [0.25, 0.3) is 5.57 Å². The summed E-state index contributed by atoms with van der Waals surface area (Å²) in [5.41, 5.74) is 5.47. The molecule has 0 aliphatic carbocycles. The van der Waals surface area contributed by atoms with E-state index in [9.17, 15) is 14.0 Å². The second-order valence-electron chi connectivity index (χ2n) is 8.55. The second-order valence-corrected chi connectivity index (χ2v) is 8.55. The Bertz CT molecular complexity index is 1240. The van der Waals surface area contributed by atoms with Crippen LogP contribution < -0.4 is 0 Å². The number of benzene rings is 2. The summed E-state index contributed by atoms with van der Waals surface area (Å²) in [6.45, 7) is 7.21. The van der Waals surface area contributed by atoms with Crippen LogP contribution in [0.5, 0.6) is 0 Å². The molecule has 6 heteroatoms. The van der Waals surface area contributed by atoms with Crippen LogP contribution in [0, 0.1) is 19.7 Å². The molecule has 1 aromatic heterocycles. The maximum absolute atomic E-state index is 13.7. The standard InChI is InChI=1S/C28H28FN3O2/c1-4-31(16-13-21-11-14-30-15-12-21)26-25(24-10-5-19(2)17-20(24)3)27(33)32(28(26)34)18-22-6-8-23(29)9-7-22/h5-12,14-15,17H,4,13,16,18H2,1-3H3. The minimum atomic E-state index is -0.356. The van der Waals surface area contributed by atoms with Crippen LogP contribution in [0.4, 0.5) is 4.39 Å². The molecule has 34 heavy (non-hydrogen) atoms. The Balaban J connectivity index is 1.73. The van der Waals surface area contributed by atoms with Gasteiger partial charge in [0.15, 0.2) is 0 Å². The molecule has 3 aromatic rings. The van der Waals surface area contributed by atoms with E-state index in [-0.39, 0.29) is 24.2 Å². The maximum Gasteiger partial charge on any atom is 0.278 e. The molecule has 0 fully saturated rings. The SMILES string of the molecule is CCN(CCc1ccncc1)C1=C(c2ccc(C)cc2C)C(=O)N(Cc2ccc(F)cc2)C1=O. The number of amides is 2. The molecule has 1 aliphatic rings. The van der Waals surface area contributed by atoms with Crippen molar-refractivity contribution in [3.63, 3.8) is 0 Å². The number of halogens is 1. The Hall–Kier alpha value is -3.80. The van der Waals surface area contributed by atoms with Crippen molar-refractivity contribution in [1.29, 1.82) is 0 Å². The van der Waals surface area contributed by atoms with E-state index in [4.69, 9.17) is 0 Å². The van der Waals surface area contributed by atoms with Crippen LogP contribution >= 0.6 is 0 Å². The molecule has 2 amide bonds. The summed E-state index contributed by atoms with van der Waals surface area (Å²) in [4.78, 5) is 34.7. The highest BCUT2D eigenvalue weighted by atomic mass is 19.1. The van der Waals surface area contributed by atoms with Crippen LogP contribution in [-0.4, -0.2) is 39.7 Å². The fourth-order valence-corrected chi connectivity index (χ4v) is 4.35. The molecule has 0 unspecified atom stereocenters. The molecule has 2 heterocycles. The minimum Gasteiger partial charge on any atom is -0.366 e. The third kappa shape index (κ3) is 4.76. The van der Waals surface area contributed by atoms with E-state index < -0.39 is 0 Å². The monoisotopic (exact) mass is 457 g/mol. The first-order valence-electron chi connectivity index (χ1n) is 11.5. The lowest BCUT2D eigenvalue weighted by Gasteiger charge is -2.25. The molecule has 0 saturated heterocycles. The van der Waals surface area contributed by atoms with Gasteiger partial charge in [0.25, 0.3) is 11.8 Å². The average Bonchev–Trinajstić information content (AvgIpc) is 3.06. The van der Waals surface area contributed by atoms with E-state index in [1.807, 2.05) is 56.0 Å². The van der Waals surface area contributed by atoms with Gasteiger partial charge in [-0.25, -0.2) is 4.39 Å². The molecule has 174 valence electrons. The Morgan fingerprint density at radius 2 is 1.62 bits per heavy atom. The van der Waals surface area contributed by atoms with Gasteiger partial charge in [0.1, 0.15) is 11.5 Å². The van der Waals surface area contributed by atoms with Gasteiger partial charge in [0.2, 0.25) is 0 Å². The zero-order chi connectivity index (χ0) is 24.2. The van der Waals surface area contributed by atoms with Gasteiger partial charge in [-0.3, -0.25) is 19.5 Å². The smallest absolute Gasteiger partial charge is 0.278 e. The Morgan fingerprint density at radius 3 is 2.26 bits per heavy atom. The number of hydrogen-bond donors (Lipinski definition) is 0. The molecule has 4 rings (SSSR count). The van der Waals surface area contributed by atoms with E-state index in [1.165, 1.54) is 17.0 Å². The number of imide groups is 1. The summed E-state index contributed by atoms with van der Waals surface area (Å²) in [6, 6.07) is 15.7. The zero-order valence-corrected chi connectivity index (χ0v) is 19.7.